The third kappa shape index (κ3) is 6.83. The van der Waals surface area contributed by atoms with Crippen molar-refractivity contribution in [1.82, 2.24) is 4.98 Å². The molecule has 0 bridgehead atoms. The molecule has 1 unspecified atom stereocenters. The van der Waals surface area contributed by atoms with Crippen molar-refractivity contribution in [2.24, 2.45) is 0 Å². The summed E-state index contributed by atoms with van der Waals surface area (Å²) in [6, 6.07) is 19.0. The van der Waals surface area contributed by atoms with Crippen LogP contribution in [0.4, 0.5) is 4.79 Å². The minimum absolute atomic E-state index is 0.329. The van der Waals surface area contributed by atoms with Crippen molar-refractivity contribution in [3.05, 3.63) is 66.2 Å². The zero-order valence-corrected chi connectivity index (χ0v) is 19.9. The zero-order valence-electron chi connectivity index (χ0n) is 18.0. The second-order valence-corrected chi connectivity index (χ2v) is 10.6. The molecule has 1 aromatic heterocycles. The first-order valence-corrected chi connectivity index (χ1v) is 11.9. The van der Waals surface area contributed by atoms with Crippen LogP contribution in [0.2, 0.25) is 4.71 Å². The van der Waals surface area contributed by atoms with Crippen molar-refractivity contribution >= 4 is 37.4 Å². The average molecular weight is 482 g/mol. The number of carbonyl (C=O) groups is 2. The summed E-state index contributed by atoms with van der Waals surface area (Å²) < 4.78 is 15.3. The Labute approximate surface area is 188 Å². The van der Waals surface area contributed by atoms with Gasteiger partial charge in [0, 0.05) is 0 Å². The van der Waals surface area contributed by atoms with Crippen LogP contribution in [-0.4, -0.2) is 44.2 Å². The van der Waals surface area contributed by atoms with E-state index in [1.807, 2.05) is 81.4 Å². The zero-order chi connectivity index (χ0) is 22.4. The molecule has 0 aliphatic rings. The molecule has 1 atom stereocenters. The normalized spacial score (nSPS) is 12.6. The molecular formula is C24H25AsNO5. The molecule has 0 saturated heterocycles. The van der Waals surface area contributed by atoms with Crippen LogP contribution < -0.4 is 4.74 Å². The minimum atomic E-state index is -1.02. The quantitative estimate of drug-likeness (QED) is 0.342. The van der Waals surface area contributed by atoms with E-state index in [0.717, 1.165) is 22.2 Å². The molecule has 3 aromatic rings. The van der Waals surface area contributed by atoms with Gasteiger partial charge in [-0.3, -0.25) is 0 Å². The Morgan fingerprint density at radius 1 is 1.03 bits per heavy atom. The number of ether oxygens (including phenoxy) is 3. The van der Waals surface area contributed by atoms with Crippen LogP contribution in [0.5, 0.6) is 11.6 Å². The van der Waals surface area contributed by atoms with Gasteiger partial charge in [-0.2, -0.15) is 0 Å². The summed E-state index contributed by atoms with van der Waals surface area (Å²) in [5.74, 6) is 0.835. The molecule has 1 heterocycles. The van der Waals surface area contributed by atoms with E-state index < -0.39 is 32.0 Å². The fourth-order valence-corrected chi connectivity index (χ4v) is 5.20. The molecule has 1 radical (unpaired) electrons. The van der Waals surface area contributed by atoms with E-state index in [1.54, 1.807) is 0 Å². The Bertz CT molecular complexity index is 1060. The van der Waals surface area contributed by atoms with Gasteiger partial charge in [0.05, 0.1) is 0 Å². The summed E-state index contributed by atoms with van der Waals surface area (Å²) >= 11 is -1.02. The van der Waals surface area contributed by atoms with Gasteiger partial charge in [-0.15, -0.1) is 0 Å². The van der Waals surface area contributed by atoms with Crippen molar-refractivity contribution in [3.63, 3.8) is 0 Å². The molecule has 31 heavy (non-hydrogen) atoms. The van der Waals surface area contributed by atoms with E-state index in [1.165, 1.54) is 7.11 Å². The van der Waals surface area contributed by atoms with Crippen LogP contribution in [0, 0.1) is 0 Å². The molecule has 0 saturated carbocycles. The Kier molecular flexibility index (Phi) is 7.34. The second kappa shape index (κ2) is 9.97. The van der Waals surface area contributed by atoms with E-state index >= 15 is 0 Å². The van der Waals surface area contributed by atoms with Gasteiger partial charge >= 0.3 is 183 Å². The second-order valence-electron chi connectivity index (χ2n) is 7.94. The number of methoxy groups -OCH3 is 1. The molecule has 0 N–H and O–H groups in total. The number of rotatable bonds is 7. The molecule has 3 rings (SSSR count). The van der Waals surface area contributed by atoms with Crippen LogP contribution in [0.3, 0.4) is 0 Å². The average Bonchev–Trinajstić information content (AvgIpc) is 2.72. The van der Waals surface area contributed by atoms with Crippen LogP contribution >= 0.6 is 0 Å². The first-order valence-electron chi connectivity index (χ1n) is 9.88. The standard InChI is InChI=1S/C24H25AsNO5/c1-24(2,3)31-23(28)25-19(22(27)29-4)15-16-10-12-20-17(14-16)11-13-21(26-20)30-18-8-6-5-7-9-18/h5-14,19H,15H2,1-4H3. The van der Waals surface area contributed by atoms with Crippen molar-refractivity contribution < 1.29 is 23.8 Å². The molecule has 0 fully saturated rings. The fourth-order valence-electron chi connectivity index (χ4n) is 2.91. The number of carbonyl (C=O) groups excluding carboxylic acids is 2. The number of nitrogens with zero attached hydrogens (tertiary/aromatic N) is 1. The number of pyridine rings is 1. The van der Waals surface area contributed by atoms with Crippen molar-refractivity contribution in [1.29, 1.82) is 0 Å². The molecule has 2 aromatic carbocycles. The number of esters is 1. The van der Waals surface area contributed by atoms with Crippen LogP contribution in [-0.2, 0) is 20.7 Å². The first-order chi connectivity index (χ1) is 14.7. The molecule has 161 valence electrons. The third-order valence-electron chi connectivity index (χ3n) is 4.25. The number of hydrogen-bond acceptors (Lipinski definition) is 6. The number of aromatic nitrogens is 1. The van der Waals surface area contributed by atoms with Gasteiger partial charge < -0.3 is 0 Å². The van der Waals surface area contributed by atoms with Crippen molar-refractivity contribution in [2.45, 2.75) is 37.5 Å². The van der Waals surface area contributed by atoms with Gasteiger partial charge in [0.15, 0.2) is 0 Å². The Balaban J connectivity index is 1.75. The summed E-state index contributed by atoms with van der Waals surface area (Å²) in [4.78, 5) is 29.1. The van der Waals surface area contributed by atoms with Crippen LogP contribution in [0.25, 0.3) is 10.9 Å². The summed E-state index contributed by atoms with van der Waals surface area (Å²) in [6.07, 6.45) is 0.407. The number of fused-ring (bicyclic) bond motifs is 1. The summed E-state index contributed by atoms with van der Waals surface area (Å²) in [6.45, 7) is 5.43. The summed E-state index contributed by atoms with van der Waals surface area (Å²) in [7, 11) is 1.34. The van der Waals surface area contributed by atoms with Gasteiger partial charge in [-0.25, -0.2) is 0 Å². The van der Waals surface area contributed by atoms with Crippen molar-refractivity contribution in [2.75, 3.05) is 7.11 Å². The van der Waals surface area contributed by atoms with Gasteiger partial charge in [-0.1, -0.05) is 6.07 Å². The summed E-state index contributed by atoms with van der Waals surface area (Å²) in [5.41, 5.74) is 1.13. The fraction of sp³-hybridized carbons (Fsp3) is 0.292. The molecular weight excluding hydrogens is 457 g/mol. The van der Waals surface area contributed by atoms with Crippen LogP contribution in [0.1, 0.15) is 26.3 Å². The number of benzene rings is 2. The van der Waals surface area contributed by atoms with E-state index in [4.69, 9.17) is 14.2 Å². The molecule has 0 aliphatic carbocycles. The first kappa shape index (κ1) is 22.8. The number of hydrogen-bond donors (Lipinski definition) is 0. The van der Waals surface area contributed by atoms with Gasteiger partial charge in [0.2, 0.25) is 0 Å². The van der Waals surface area contributed by atoms with Gasteiger partial charge in [0.25, 0.3) is 0 Å². The van der Waals surface area contributed by atoms with E-state index in [-0.39, 0.29) is 4.76 Å². The molecule has 0 aliphatic heterocycles. The third-order valence-corrected chi connectivity index (χ3v) is 6.36. The summed E-state index contributed by atoms with van der Waals surface area (Å²) in [5, 5.41) is 0.926. The topological polar surface area (TPSA) is 74.7 Å². The van der Waals surface area contributed by atoms with Gasteiger partial charge in [-0.05, 0) is 0 Å². The molecule has 7 heteroatoms. The monoisotopic (exact) mass is 482 g/mol. The molecule has 0 amide bonds. The van der Waals surface area contributed by atoms with E-state index in [2.05, 4.69) is 4.98 Å². The van der Waals surface area contributed by atoms with E-state index in [0.29, 0.717) is 12.3 Å². The van der Waals surface area contributed by atoms with Crippen molar-refractivity contribution in [3.8, 4) is 11.6 Å². The maximum atomic E-state index is 12.3. The van der Waals surface area contributed by atoms with E-state index in [9.17, 15) is 9.59 Å². The number of para-hydroxylation sites is 1. The SMILES string of the molecule is COC(=O)C(Cc1ccc2nc(Oc3ccccc3)ccc2c1)[As]C(=O)OC(C)(C)C. The van der Waals surface area contributed by atoms with Gasteiger partial charge in [0.1, 0.15) is 0 Å². The Morgan fingerprint density at radius 2 is 1.77 bits per heavy atom. The predicted octanol–water partition coefficient (Wildman–Crippen LogP) is 5.17. The Morgan fingerprint density at radius 3 is 2.45 bits per heavy atom. The molecule has 6 nitrogen and oxygen atoms in total. The molecule has 0 spiro atoms. The van der Waals surface area contributed by atoms with Crippen LogP contribution in [0.15, 0.2) is 60.7 Å². The Hall–Kier alpha value is -2.85. The maximum absolute atomic E-state index is 12.3. The predicted molar refractivity (Wildman–Crippen MR) is 120 cm³/mol.